The summed E-state index contributed by atoms with van der Waals surface area (Å²) < 4.78 is 16.0. The van der Waals surface area contributed by atoms with Crippen molar-refractivity contribution in [1.29, 1.82) is 0 Å². The smallest absolute Gasteiger partial charge is 0.231 e. The fourth-order valence-electron chi connectivity index (χ4n) is 3.71. The molecule has 0 spiro atoms. The minimum Gasteiger partial charge on any atom is -0.497 e. The summed E-state index contributed by atoms with van der Waals surface area (Å²) in [6, 6.07) is 14.2. The molecular weight excluding hydrogens is 354 g/mol. The van der Waals surface area contributed by atoms with Gasteiger partial charge in [0, 0.05) is 19.0 Å². The lowest BCUT2D eigenvalue weighted by Crippen LogP contribution is -2.39. The summed E-state index contributed by atoms with van der Waals surface area (Å²) in [6.07, 6.45) is 3.63. The molecule has 5 heteroatoms. The van der Waals surface area contributed by atoms with E-state index in [0.29, 0.717) is 25.3 Å². The van der Waals surface area contributed by atoms with Crippen LogP contribution < -0.4 is 14.2 Å². The van der Waals surface area contributed by atoms with Crippen molar-refractivity contribution in [2.75, 3.05) is 13.9 Å². The van der Waals surface area contributed by atoms with Crippen LogP contribution in [-0.2, 0) is 17.8 Å². The molecule has 5 nitrogen and oxygen atoms in total. The van der Waals surface area contributed by atoms with Crippen LogP contribution in [0.5, 0.6) is 17.2 Å². The molecule has 0 bridgehead atoms. The van der Waals surface area contributed by atoms with Crippen molar-refractivity contribution in [1.82, 2.24) is 4.90 Å². The van der Waals surface area contributed by atoms with Crippen LogP contribution >= 0.6 is 0 Å². The molecule has 0 radical (unpaired) electrons. The molecule has 4 rings (SSSR count). The van der Waals surface area contributed by atoms with Gasteiger partial charge in [0.25, 0.3) is 0 Å². The van der Waals surface area contributed by atoms with Crippen LogP contribution in [0.25, 0.3) is 0 Å². The predicted molar refractivity (Wildman–Crippen MR) is 107 cm³/mol. The third-order valence-electron chi connectivity index (χ3n) is 5.69. The van der Waals surface area contributed by atoms with E-state index >= 15 is 0 Å². The number of hydrogen-bond acceptors (Lipinski definition) is 4. The van der Waals surface area contributed by atoms with Crippen molar-refractivity contribution < 1.29 is 19.0 Å². The van der Waals surface area contributed by atoms with Gasteiger partial charge in [0.15, 0.2) is 11.5 Å². The Hall–Kier alpha value is -2.69. The first-order chi connectivity index (χ1) is 13.6. The lowest BCUT2D eigenvalue weighted by molar-refractivity contribution is -0.134. The number of fused-ring (bicyclic) bond motifs is 1. The van der Waals surface area contributed by atoms with Gasteiger partial charge in [-0.1, -0.05) is 18.2 Å². The quantitative estimate of drug-likeness (QED) is 0.688. The molecule has 1 amide bonds. The van der Waals surface area contributed by atoms with Gasteiger partial charge in [-0.25, -0.2) is 0 Å². The van der Waals surface area contributed by atoms with E-state index in [4.69, 9.17) is 14.2 Å². The van der Waals surface area contributed by atoms with Gasteiger partial charge in [-0.05, 0) is 67.5 Å². The molecule has 0 N–H and O–H groups in total. The zero-order valence-electron chi connectivity index (χ0n) is 16.5. The second-order valence-corrected chi connectivity index (χ2v) is 7.64. The number of methoxy groups -OCH3 is 1. The monoisotopic (exact) mass is 381 g/mol. The van der Waals surface area contributed by atoms with Crippen molar-refractivity contribution in [2.45, 2.75) is 45.2 Å². The molecular formula is C23H27NO4. The number of amides is 1. The molecule has 2 aromatic carbocycles. The maximum Gasteiger partial charge on any atom is 0.231 e. The number of aryl methyl sites for hydroxylation is 1. The Bertz CT molecular complexity index is 829. The van der Waals surface area contributed by atoms with Gasteiger partial charge in [0.2, 0.25) is 12.7 Å². The number of benzene rings is 2. The summed E-state index contributed by atoms with van der Waals surface area (Å²) in [5, 5.41) is 0. The Balaban J connectivity index is 1.42. The predicted octanol–water partition coefficient (Wildman–Crippen LogP) is 4.18. The van der Waals surface area contributed by atoms with Gasteiger partial charge in [0.05, 0.1) is 7.11 Å². The summed E-state index contributed by atoms with van der Waals surface area (Å²) in [5.41, 5.74) is 2.23. The summed E-state index contributed by atoms with van der Waals surface area (Å²) in [7, 11) is 1.66. The van der Waals surface area contributed by atoms with Crippen molar-refractivity contribution >= 4 is 5.91 Å². The van der Waals surface area contributed by atoms with E-state index in [1.54, 1.807) is 7.11 Å². The van der Waals surface area contributed by atoms with Crippen molar-refractivity contribution in [2.24, 2.45) is 5.92 Å². The molecule has 1 aliphatic heterocycles. The van der Waals surface area contributed by atoms with E-state index in [1.807, 2.05) is 47.4 Å². The third kappa shape index (κ3) is 4.24. The molecule has 0 saturated heterocycles. The Morgan fingerprint density at radius 3 is 2.54 bits per heavy atom. The number of carbonyl (C=O) groups is 1. The third-order valence-corrected chi connectivity index (χ3v) is 5.69. The molecule has 2 aliphatic rings. The molecule has 148 valence electrons. The minimum atomic E-state index is 0.202. The standard InChI is InChI=1S/C23H27NO4/c1-16(19-7-8-19)24(14-18-3-9-20(26-2)10-4-18)23(25)12-6-17-5-11-21-22(13-17)28-15-27-21/h3-5,9-11,13,16,19H,6-8,12,14-15H2,1-2H3. The summed E-state index contributed by atoms with van der Waals surface area (Å²) in [5.74, 6) is 3.21. The number of ether oxygens (including phenoxy) is 3. The number of nitrogens with zero attached hydrogens (tertiary/aromatic N) is 1. The molecule has 2 aromatic rings. The van der Waals surface area contributed by atoms with Crippen molar-refractivity contribution in [3.8, 4) is 17.2 Å². The Morgan fingerprint density at radius 2 is 1.82 bits per heavy atom. The van der Waals surface area contributed by atoms with E-state index in [9.17, 15) is 4.79 Å². The largest absolute Gasteiger partial charge is 0.497 e. The first kappa shape index (κ1) is 18.7. The van der Waals surface area contributed by atoms with E-state index in [-0.39, 0.29) is 18.7 Å². The zero-order chi connectivity index (χ0) is 19.5. The molecule has 1 atom stereocenters. The van der Waals surface area contributed by atoms with Crippen LogP contribution in [0, 0.1) is 5.92 Å². The van der Waals surface area contributed by atoms with Crippen LogP contribution in [0.15, 0.2) is 42.5 Å². The summed E-state index contributed by atoms with van der Waals surface area (Å²) in [4.78, 5) is 15.1. The SMILES string of the molecule is COc1ccc(CN(C(=O)CCc2ccc3c(c2)OCO3)C(C)C2CC2)cc1. The molecule has 1 saturated carbocycles. The number of rotatable bonds is 8. The summed E-state index contributed by atoms with van der Waals surface area (Å²) >= 11 is 0. The van der Waals surface area contributed by atoms with Gasteiger partial charge in [-0.15, -0.1) is 0 Å². The maximum absolute atomic E-state index is 13.1. The molecule has 1 heterocycles. The Morgan fingerprint density at radius 1 is 1.11 bits per heavy atom. The van der Waals surface area contributed by atoms with Crippen LogP contribution in [0.1, 0.15) is 37.3 Å². The molecule has 1 aliphatic carbocycles. The van der Waals surface area contributed by atoms with Gasteiger partial charge < -0.3 is 19.1 Å². The molecule has 1 fully saturated rings. The maximum atomic E-state index is 13.1. The first-order valence-corrected chi connectivity index (χ1v) is 9.95. The fourth-order valence-corrected chi connectivity index (χ4v) is 3.71. The van der Waals surface area contributed by atoms with Crippen molar-refractivity contribution in [3.05, 3.63) is 53.6 Å². The van der Waals surface area contributed by atoms with Crippen LogP contribution in [0.2, 0.25) is 0 Å². The Kier molecular flexibility index (Phi) is 5.42. The molecule has 1 unspecified atom stereocenters. The van der Waals surface area contributed by atoms with E-state index in [2.05, 4.69) is 6.92 Å². The fraction of sp³-hybridized carbons (Fsp3) is 0.435. The minimum absolute atomic E-state index is 0.202. The second kappa shape index (κ2) is 8.13. The highest BCUT2D eigenvalue weighted by Gasteiger charge is 2.34. The number of hydrogen-bond donors (Lipinski definition) is 0. The van der Waals surface area contributed by atoms with E-state index in [1.165, 1.54) is 12.8 Å². The molecule has 0 aromatic heterocycles. The normalized spacial score (nSPS) is 15.9. The van der Waals surface area contributed by atoms with Gasteiger partial charge in [-0.3, -0.25) is 4.79 Å². The molecule has 28 heavy (non-hydrogen) atoms. The lowest BCUT2D eigenvalue weighted by atomic mass is 10.1. The number of carbonyl (C=O) groups excluding carboxylic acids is 1. The zero-order valence-corrected chi connectivity index (χ0v) is 16.5. The van der Waals surface area contributed by atoms with Gasteiger partial charge in [-0.2, -0.15) is 0 Å². The lowest BCUT2D eigenvalue weighted by Gasteiger charge is -2.30. The second-order valence-electron chi connectivity index (χ2n) is 7.64. The van der Waals surface area contributed by atoms with E-state index < -0.39 is 0 Å². The Labute approximate surface area is 166 Å². The van der Waals surface area contributed by atoms with Gasteiger partial charge >= 0.3 is 0 Å². The first-order valence-electron chi connectivity index (χ1n) is 9.95. The highest BCUT2D eigenvalue weighted by Crippen LogP contribution is 2.36. The average Bonchev–Trinajstić information content (AvgIpc) is 3.47. The highest BCUT2D eigenvalue weighted by molar-refractivity contribution is 5.77. The van der Waals surface area contributed by atoms with E-state index in [0.717, 1.165) is 28.4 Å². The average molecular weight is 381 g/mol. The topological polar surface area (TPSA) is 48.0 Å². The highest BCUT2D eigenvalue weighted by atomic mass is 16.7. The van der Waals surface area contributed by atoms with Crippen molar-refractivity contribution in [3.63, 3.8) is 0 Å². The van der Waals surface area contributed by atoms with Crippen LogP contribution in [0.3, 0.4) is 0 Å². The van der Waals surface area contributed by atoms with Crippen LogP contribution in [0.4, 0.5) is 0 Å². The van der Waals surface area contributed by atoms with Gasteiger partial charge in [0.1, 0.15) is 5.75 Å². The van der Waals surface area contributed by atoms with Crippen LogP contribution in [-0.4, -0.2) is 30.8 Å². The summed E-state index contributed by atoms with van der Waals surface area (Å²) in [6.45, 7) is 3.09.